The van der Waals surface area contributed by atoms with Crippen molar-refractivity contribution in [3.63, 3.8) is 0 Å². The second-order valence-corrected chi connectivity index (χ2v) is 7.99. The highest BCUT2D eigenvalue weighted by Crippen LogP contribution is 2.42. The predicted octanol–water partition coefficient (Wildman–Crippen LogP) is 3.40. The van der Waals surface area contributed by atoms with Gasteiger partial charge in [-0.15, -0.1) is 0 Å². The molecule has 3 aromatic rings. The van der Waals surface area contributed by atoms with Gasteiger partial charge in [-0.05, 0) is 43.0 Å². The van der Waals surface area contributed by atoms with E-state index in [-0.39, 0.29) is 11.5 Å². The fraction of sp³-hybridized carbons (Fsp3) is 0.391. The third-order valence-electron chi connectivity index (χ3n) is 6.15. The molecular formula is C23H25N3O3. The Bertz CT molecular complexity index is 962. The Morgan fingerprint density at radius 1 is 1.24 bits per heavy atom. The van der Waals surface area contributed by atoms with Crippen LogP contribution in [0.3, 0.4) is 0 Å². The van der Waals surface area contributed by atoms with Crippen LogP contribution in [0, 0.1) is 5.92 Å². The Hall–Kier alpha value is -2.70. The largest absolute Gasteiger partial charge is 0.375 e. The Morgan fingerprint density at radius 3 is 2.93 bits per heavy atom. The molecule has 1 atom stereocenters. The number of para-hydroxylation sites is 1. The minimum atomic E-state index is -0.198. The van der Waals surface area contributed by atoms with Crippen LogP contribution in [0.1, 0.15) is 29.0 Å². The Kier molecular flexibility index (Phi) is 4.81. The van der Waals surface area contributed by atoms with Crippen LogP contribution in [0.15, 0.2) is 54.7 Å². The van der Waals surface area contributed by atoms with Crippen LogP contribution < -0.4 is 0 Å². The molecule has 2 saturated heterocycles. The van der Waals surface area contributed by atoms with Gasteiger partial charge in [-0.3, -0.25) is 9.78 Å². The van der Waals surface area contributed by atoms with Gasteiger partial charge in [-0.25, -0.2) is 0 Å². The van der Waals surface area contributed by atoms with Crippen LogP contribution in [0.4, 0.5) is 0 Å². The number of amides is 1. The molecule has 4 heterocycles. The van der Waals surface area contributed by atoms with Crippen molar-refractivity contribution >= 4 is 16.8 Å². The van der Waals surface area contributed by atoms with Crippen molar-refractivity contribution in [1.82, 2.24) is 14.9 Å². The molecule has 2 aliphatic rings. The number of likely N-dealkylation sites (tertiary alicyclic amines) is 1. The summed E-state index contributed by atoms with van der Waals surface area (Å²) in [4.78, 5) is 22.3. The number of carbonyl (C=O) groups excluding carboxylic acids is 1. The quantitative estimate of drug-likeness (QED) is 0.654. The van der Waals surface area contributed by atoms with E-state index in [9.17, 15) is 4.79 Å². The summed E-state index contributed by atoms with van der Waals surface area (Å²) in [5.41, 5.74) is 2.39. The number of aromatic nitrogens is 2. The van der Waals surface area contributed by atoms with Crippen molar-refractivity contribution < 1.29 is 14.3 Å². The van der Waals surface area contributed by atoms with Crippen molar-refractivity contribution in [2.24, 2.45) is 5.92 Å². The minimum absolute atomic E-state index is 0.0486. The van der Waals surface area contributed by atoms with Gasteiger partial charge in [-0.2, -0.15) is 0 Å². The molecule has 150 valence electrons. The molecule has 1 N–H and O–H groups in total. The van der Waals surface area contributed by atoms with E-state index >= 15 is 0 Å². The van der Waals surface area contributed by atoms with Crippen LogP contribution in [-0.4, -0.2) is 52.7 Å². The number of ether oxygens (including phenoxy) is 2. The molecular weight excluding hydrogens is 366 g/mol. The first-order valence-electron chi connectivity index (χ1n) is 10.2. The summed E-state index contributed by atoms with van der Waals surface area (Å²) in [6.07, 6.45) is 3.76. The Balaban J connectivity index is 1.15. The minimum Gasteiger partial charge on any atom is -0.375 e. The Labute approximate surface area is 169 Å². The van der Waals surface area contributed by atoms with Gasteiger partial charge in [-0.1, -0.05) is 24.3 Å². The first kappa shape index (κ1) is 18.3. The highest BCUT2D eigenvalue weighted by Gasteiger charge is 2.54. The maximum absolute atomic E-state index is 12.9. The summed E-state index contributed by atoms with van der Waals surface area (Å²) in [6.45, 7) is 3.30. The predicted molar refractivity (Wildman–Crippen MR) is 110 cm³/mol. The SMILES string of the molecule is O=C(c1cc2ccccc2[nH]1)N1CC2(C1)OCCC2CCOCc1ccccn1. The normalized spacial score (nSPS) is 20.3. The number of hydrogen-bond acceptors (Lipinski definition) is 4. The van der Waals surface area contributed by atoms with Crippen LogP contribution in [0.5, 0.6) is 0 Å². The average Bonchev–Trinajstić information content (AvgIpc) is 3.34. The van der Waals surface area contributed by atoms with Gasteiger partial charge in [0, 0.05) is 30.3 Å². The Morgan fingerprint density at radius 2 is 2.10 bits per heavy atom. The number of benzene rings is 1. The van der Waals surface area contributed by atoms with Crippen molar-refractivity contribution in [1.29, 1.82) is 0 Å². The molecule has 2 fully saturated rings. The van der Waals surface area contributed by atoms with Gasteiger partial charge >= 0.3 is 0 Å². The van der Waals surface area contributed by atoms with E-state index in [1.807, 2.05) is 53.4 Å². The lowest BCUT2D eigenvalue weighted by molar-refractivity contribution is -0.120. The first-order chi connectivity index (χ1) is 14.2. The third-order valence-corrected chi connectivity index (χ3v) is 6.15. The summed E-state index contributed by atoms with van der Waals surface area (Å²) < 4.78 is 11.9. The van der Waals surface area contributed by atoms with Gasteiger partial charge in [0.15, 0.2) is 0 Å². The molecule has 1 spiro atoms. The monoisotopic (exact) mass is 391 g/mol. The zero-order valence-corrected chi connectivity index (χ0v) is 16.3. The van der Waals surface area contributed by atoms with E-state index in [0.717, 1.165) is 36.0 Å². The number of hydrogen-bond donors (Lipinski definition) is 1. The van der Waals surface area contributed by atoms with E-state index in [0.29, 0.717) is 37.9 Å². The summed E-state index contributed by atoms with van der Waals surface area (Å²) in [5.74, 6) is 0.477. The molecule has 0 saturated carbocycles. The summed E-state index contributed by atoms with van der Waals surface area (Å²) in [7, 11) is 0. The molecule has 2 aromatic heterocycles. The van der Waals surface area contributed by atoms with Crippen LogP contribution in [-0.2, 0) is 16.1 Å². The number of pyridine rings is 1. The van der Waals surface area contributed by atoms with Gasteiger partial charge in [0.25, 0.3) is 5.91 Å². The second kappa shape index (κ2) is 7.61. The number of rotatable bonds is 6. The lowest BCUT2D eigenvalue weighted by atomic mass is 9.79. The number of carbonyl (C=O) groups is 1. The molecule has 0 bridgehead atoms. The molecule has 29 heavy (non-hydrogen) atoms. The van der Waals surface area contributed by atoms with E-state index in [1.165, 1.54) is 0 Å². The van der Waals surface area contributed by atoms with E-state index in [1.54, 1.807) is 6.20 Å². The number of aromatic amines is 1. The van der Waals surface area contributed by atoms with Crippen LogP contribution in [0.25, 0.3) is 10.9 Å². The van der Waals surface area contributed by atoms with Crippen molar-refractivity contribution in [2.75, 3.05) is 26.3 Å². The highest BCUT2D eigenvalue weighted by molar-refractivity contribution is 5.98. The van der Waals surface area contributed by atoms with Gasteiger partial charge in [0.05, 0.1) is 25.4 Å². The molecule has 0 radical (unpaired) electrons. The number of fused-ring (bicyclic) bond motifs is 1. The molecule has 1 unspecified atom stereocenters. The molecule has 1 aromatic carbocycles. The van der Waals surface area contributed by atoms with Crippen molar-refractivity contribution in [3.8, 4) is 0 Å². The maximum atomic E-state index is 12.9. The molecule has 6 heteroatoms. The molecule has 6 nitrogen and oxygen atoms in total. The van der Waals surface area contributed by atoms with E-state index in [4.69, 9.17) is 9.47 Å². The highest BCUT2D eigenvalue weighted by atomic mass is 16.5. The standard InChI is InChI=1S/C23H25N3O3/c27-22(21-13-17-5-1-2-7-20(17)25-21)26-15-23(16-26)18(9-12-29-23)8-11-28-14-19-6-3-4-10-24-19/h1-7,10,13,18,25H,8-9,11-12,14-16H2. The number of H-pyrrole nitrogens is 1. The van der Waals surface area contributed by atoms with E-state index in [2.05, 4.69) is 9.97 Å². The average molecular weight is 391 g/mol. The maximum Gasteiger partial charge on any atom is 0.270 e. The molecule has 0 aliphatic carbocycles. The van der Waals surface area contributed by atoms with Gasteiger partial charge < -0.3 is 19.4 Å². The molecule has 5 rings (SSSR count). The lowest BCUT2D eigenvalue weighted by Gasteiger charge is -2.50. The fourth-order valence-corrected chi connectivity index (χ4v) is 4.53. The zero-order valence-electron chi connectivity index (χ0n) is 16.3. The van der Waals surface area contributed by atoms with Crippen LogP contribution >= 0.6 is 0 Å². The van der Waals surface area contributed by atoms with Crippen molar-refractivity contribution in [3.05, 3.63) is 66.1 Å². The molecule has 1 amide bonds. The topological polar surface area (TPSA) is 67.5 Å². The van der Waals surface area contributed by atoms with E-state index < -0.39 is 0 Å². The van der Waals surface area contributed by atoms with Gasteiger partial charge in [0.2, 0.25) is 0 Å². The van der Waals surface area contributed by atoms with Gasteiger partial charge in [0.1, 0.15) is 11.3 Å². The van der Waals surface area contributed by atoms with Crippen LogP contribution in [0.2, 0.25) is 0 Å². The lowest BCUT2D eigenvalue weighted by Crippen LogP contribution is -2.66. The summed E-state index contributed by atoms with van der Waals surface area (Å²) >= 11 is 0. The fourth-order valence-electron chi connectivity index (χ4n) is 4.53. The first-order valence-corrected chi connectivity index (χ1v) is 10.2. The number of nitrogens with one attached hydrogen (secondary N) is 1. The zero-order chi connectivity index (χ0) is 19.7. The molecule has 2 aliphatic heterocycles. The summed E-state index contributed by atoms with van der Waals surface area (Å²) in [6, 6.07) is 15.7. The summed E-state index contributed by atoms with van der Waals surface area (Å²) in [5, 5.41) is 1.06. The second-order valence-electron chi connectivity index (χ2n) is 7.99. The van der Waals surface area contributed by atoms with Crippen molar-refractivity contribution in [2.45, 2.75) is 25.0 Å². The number of nitrogens with zero attached hydrogens (tertiary/aromatic N) is 2. The smallest absolute Gasteiger partial charge is 0.270 e. The third kappa shape index (κ3) is 3.54.